The summed E-state index contributed by atoms with van der Waals surface area (Å²) >= 11 is 3.79. The van der Waals surface area contributed by atoms with Crippen LogP contribution in [0.15, 0.2) is 45.6 Å². The molecule has 2 aromatic carbocycles. The first-order chi connectivity index (χ1) is 14.7. The van der Waals surface area contributed by atoms with Gasteiger partial charge in [0.25, 0.3) is 0 Å². The number of hydrogen-bond acceptors (Lipinski definition) is 6. The third kappa shape index (κ3) is 8.87. The minimum absolute atomic E-state index is 0. The fraction of sp³-hybridized carbons (Fsp3) is 0.375. The number of aromatic hydroxyl groups is 1. The Kier molecular flexibility index (Phi) is 14.8. The largest absolute Gasteiger partial charge is 0.668 e. The van der Waals surface area contributed by atoms with Crippen LogP contribution in [0, 0.1) is 6.92 Å². The Morgan fingerprint density at radius 1 is 1.16 bits per heavy atom. The van der Waals surface area contributed by atoms with Crippen LogP contribution in [-0.2, 0) is 45.7 Å². The molecule has 32 heavy (non-hydrogen) atoms. The molecule has 3 rings (SSSR count). The van der Waals surface area contributed by atoms with Crippen molar-refractivity contribution in [2.45, 2.75) is 26.8 Å². The molecule has 6 nitrogen and oxygen atoms in total. The van der Waals surface area contributed by atoms with Crippen LogP contribution < -0.4 is 11.4 Å². The molecule has 0 fully saturated rings. The van der Waals surface area contributed by atoms with Gasteiger partial charge in [-0.2, -0.15) is 26.7 Å². The molecule has 1 aromatic heterocycles. The van der Waals surface area contributed by atoms with Gasteiger partial charge in [0.05, 0.1) is 0 Å². The van der Waals surface area contributed by atoms with Crippen molar-refractivity contribution in [1.82, 2.24) is 4.90 Å². The average molecular weight is 534 g/mol. The number of fused-ring (bicyclic) bond motifs is 1. The maximum absolute atomic E-state index is 12.6. The van der Waals surface area contributed by atoms with Crippen molar-refractivity contribution in [2.75, 3.05) is 39.7 Å². The van der Waals surface area contributed by atoms with E-state index in [1.807, 2.05) is 51.0 Å². The summed E-state index contributed by atoms with van der Waals surface area (Å²) in [6, 6.07) is 10.6. The molecular weight excluding hydrogens is 499 g/mol. The molecule has 1 radical (unpaired) electrons. The van der Waals surface area contributed by atoms with Crippen molar-refractivity contribution in [3.8, 4) is 5.75 Å². The van der Waals surface area contributed by atoms with Gasteiger partial charge in [0.15, 0.2) is 0 Å². The predicted octanol–water partition coefficient (Wildman–Crippen LogP) is 4.59. The zero-order valence-corrected chi connectivity index (χ0v) is 23.6. The van der Waals surface area contributed by atoms with Crippen molar-refractivity contribution in [3.63, 3.8) is 0 Å². The summed E-state index contributed by atoms with van der Waals surface area (Å²) in [6.45, 7) is 4.55. The van der Waals surface area contributed by atoms with Crippen molar-refractivity contribution in [3.05, 3.63) is 74.4 Å². The van der Waals surface area contributed by atoms with E-state index in [1.165, 1.54) is 6.07 Å². The number of rotatable bonds is 4. The van der Waals surface area contributed by atoms with E-state index in [2.05, 4.69) is 17.9 Å². The molecule has 0 atom stereocenters. The van der Waals surface area contributed by atoms with Crippen molar-refractivity contribution in [1.29, 1.82) is 0 Å². The van der Waals surface area contributed by atoms with Crippen LogP contribution in [0.5, 0.6) is 5.75 Å². The number of phenolic OH excluding ortho intramolecular Hbond substituents is 1. The normalized spacial score (nSPS) is 10.0. The van der Waals surface area contributed by atoms with Gasteiger partial charge in [-0.3, -0.25) is 0 Å². The van der Waals surface area contributed by atoms with Crippen molar-refractivity contribution in [2.24, 2.45) is 0 Å². The van der Waals surface area contributed by atoms with Gasteiger partial charge in [-0.25, -0.2) is 4.79 Å². The predicted molar refractivity (Wildman–Crippen MR) is 135 cm³/mol. The molecule has 0 bridgehead atoms. The Balaban J connectivity index is 0.00000124. The third-order valence-corrected chi connectivity index (χ3v) is 4.43. The van der Waals surface area contributed by atoms with Gasteiger partial charge in [0.2, 0.25) is 0 Å². The summed E-state index contributed by atoms with van der Waals surface area (Å²) in [5.41, 5.74) is 10.3. The Labute approximate surface area is 221 Å². The van der Waals surface area contributed by atoms with E-state index in [0.717, 1.165) is 27.8 Å². The number of hydrogen-bond donors (Lipinski definition) is 3. The van der Waals surface area contributed by atoms with Gasteiger partial charge in [-0.15, -0.1) is 0 Å². The standard InChI is InChI=1S/C20H22N2O3.C2H6N.C2H6S.Y/c1-12-13(5-4-6-18(12)21)9-16-17(11-22(2)3)15-8-7-14(23)10-19(15)25-20(16)24;1-3-2;1-2-3;/h4-8,10,23H,9,11,21H2,1-3H3;1-2H3;3H,2H2,1H3;/q;-1;;. The van der Waals surface area contributed by atoms with E-state index in [9.17, 15) is 9.90 Å². The Hall–Kier alpha value is -1.38. The molecule has 0 spiro atoms. The smallest absolute Gasteiger partial charge is 0.340 e. The summed E-state index contributed by atoms with van der Waals surface area (Å²) in [7, 11) is 7.41. The number of benzene rings is 2. The molecular formula is C24H34N3O3SY-. The Morgan fingerprint density at radius 2 is 1.75 bits per heavy atom. The molecule has 173 valence electrons. The fourth-order valence-corrected chi connectivity index (χ4v) is 3.05. The number of anilines is 1. The SMILES string of the molecule is CCS.C[N-]C.Cc1c(N)cccc1Cc1c(CN(C)C)c2ccc(O)cc2oc1=O.[Y]. The molecule has 1 heterocycles. The number of thiol groups is 1. The van der Waals surface area contributed by atoms with Crippen LogP contribution in [0.3, 0.4) is 0 Å². The zero-order valence-electron chi connectivity index (χ0n) is 19.8. The molecule has 3 aromatic rings. The van der Waals surface area contributed by atoms with Crippen LogP contribution in [0.1, 0.15) is 29.2 Å². The number of nitrogens with zero attached hydrogens (tertiary/aromatic N) is 2. The van der Waals surface area contributed by atoms with Gasteiger partial charge in [0.1, 0.15) is 11.3 Å². The maximum Gasteiger partial charge on any atom is 0.340 e. The summed E-state index contributed by atoms with van der Waals surface area (Å²) in [6.07, 6.45) is 0.458. The van der Waals surface area contributed by atoms with Gasteiger partial charge in [-0.05, 0) is 61.7 Å². The molecule has 0 saturated heterocycles. The van der Waals surface area contributed by atoms with Gasteiger partial charge < -0.3 is 25.5 Å². The number of phenols is 1. The Bertz CT molecular complexity index is 1040. The minimum Gasteiger partial charge on any atom is -0.668 e. The first kappa shape index (κ1) is 30.6. The summed E-state index contributed by atoms with van der Waals surface area (Å²) in [4.78, 5) is 14.7. The molecule has 0 aliphatic carbocycles. The Morgan fingerprint density at radius 3 is 2.31 bits per heavy atom. The van der Waals surface area contributed by atoms with Gasteiger partial charge in [-0.1, -0.05) is 19.1 Å². The molecule has 0 aliphatic rings. The quantitative estimate of drug-likeness (QED) is 0.259. The minimum atomic E-state index is -0.378. The van der Waals surface area contributed by atoms with Crippen LogP contribution in [0.2, 0.25) is 0 Å². The maximum atomic E-state index is 12.6. The van der Waals surface area contributed by atoms with Crippen molar-refractivity contribution >= 4 is 29.3 Å². The summed E-state index contributed by atoms with van der Waals surface area (Å²) in [5.74, 6) is 1.02. The van der Waals surface area contributed by atoms with E-state index >= 15 is 0 Å². The second-order valence-electron chi connectivity index (χ2n) is 7.34. The molecule has 0 aliphatic heterocycles. The number of nitrogen functional groups attached to an aromatic ring is 1. The van der Waals surface area contributed by atoms with Gasteiger partial charge in [0, 0.05) is 68.4 Å². The monoisotopic (exact) mass is 533 g/mol. The first-order valence-electron chi connectivity index (χ1n) is 10.0. The second kappa shape index (κ2) is 15.5. The molecule has 3 N–H and O–H groups in total. The zero-order chi connectivity index (χ0) is 23.6. The fourth-order valence-electron chi connectivity index (χ4n) is 3.05. The van der Waals surface area contributed by atoms with E-state index in [4.69, 9.17) is 10.2 Å². The van der Waals surface area contributed by atoms with Crippen LogP contribution in [-0.4, -0.2) is 43.9 Å². The van der Waals surface area contributed by atoms with E-state index in [1.54, 1.807) is 26.2 Å². The van der Waals surface area contributed by atoms with Crippen LogP contribution in [0.4, 0.5) is 5.69 Å². The topological polar surface area (TPSA) is 93.8 Å². The molecule has 0 amide bonds. The first-order valence-corrected chi connectivity index (χ1v) is 10.7. The molecule has 0 saturated carbocycles. The van der Waals surface area contributed by atoms with Crippen LogP contribution >= 0.6 is 12.6 Å². The molecule has 8 heteroatoms. The third-order valence-electron chi connectivity index (χ3n) is 4.43. The van der Waals surface area contributed by atoms with E-state index in [0.29, 0.717) is 29.8 Å². The van der Waals surface area contributed by atoms with Crippen molar-refractivity contribution < 1.29 is 42.2 Å². The molecule has 0 unspecified atom stereocenters. The number of nitrogens with two attached hydrogens (primary N) is 1. The second-order valence-corrected chi connectivity index (χ2v) is 7.97. The van der Waals surface area contributed by atoms with Gasteiger partial charge >= 0.3 is 5.63 Å². The van der Waals surface area contributed by atoms with E-state index < -0.39 is 0 Å². The van der Waals surface area contributed by atoms with E-state index in [-0.39, 0.29) is 44.1 Å². The summed E-state index contributed by atoms with van der Waals surface area (Å²) < 4.78 is 5.47. The average Bonchev–Trinajstić information content (AvgIpc) is 2.68. The van der Waals surface area contributed by atoms with Crippen LogP contribution in [0.25, 0.3) is 16.3 Å². The summed E-state index contributed by atoms with van der Waals surface area (Å²) in [5, 5.41) is 14.0.